The van der Waals surface area contributed by atoms with E-state index in [1.807, 2.05) is 0 Å². The van der Waals surface area contributed by atoms with E-state index in [0.29, 0.717) is 0 Å². The zero-order valence-electron chi connectivity index (χ0n) is 15.3. The summed E-state index contributed by atoms with van der Waals surface area (Å²) in [5, 5.41) is 8.88. The Morgan fingerprint density at radius 3 is 2.58 bits per heavy atom. The zero-order valence-corrected chi connectivity index (χ0v) is 16.1. The normalized spacial score (nSPS) is 17.2. The first-order valence-electron chi connectivity index (χ1n) is 9.31. The van der Waals surface area contributed by atoms with Crippen LogP contribution in [0.1, 0.15) is 31.6 Å². The van der Waals surface area contributed by atoms with Crippen molar-refractivity contribution in [2.24, 2.45) is 4.99 Å². The fraction of sp³-hybridized carbons (Fsp3) is 0.722. The van der Waals surface area contributed by atoms with Crippen molar-refractivity contribution < 1.29 is 0 Å². The van der Waals surface area contributed by atoms with Crippen molar-refractivity contribution in [2.45, 2.75) is 33.2 Å². The van der Waals surface area contributed by atoms with Gasteiger partial charge in [-0.25, -0.2) is 4.99 Å². The molecule has 0 spiro atoms. The van der Waals surface area contributed by atoms with Gasteiger partial charge < -0.3 is 20.4 Å². The fourth-order valence-electron chi connectivity index (χ4n) is 2.90. The summed E-state index contributed by atoms with van der Waals surface area (Å²) in [5.41, 5.74) is 0. The Kier molecular flexibility index (Phi) is 9.16. The van der Waals surface area contributed by atoms with E-state index in [1.54, 1.807) is 11.3 Å². The summed E-state index contributed by atoms with van der Waals surface area (Å²) in [6.45, 7) is 14.3. The van der Waals surface area contributed by atoms with E-state index >= 15 is 0 Å². The van der Waals surface area contributed by atoms with Crippen LogP contribution >= 0.6 is 11.3 Å². The predicted molar refractivity (Wildman–Crippen MR) is 105 cm³/mol. The summed E-state index contributed by atoms with van der Waals surface area (Å²) in [4.78, 5) is 11.1. The molecule has 1 aliphatic rings. The van der Waals surface area contributed by atoms with Crippen LogP contribution in [0.25, 0.3) is 0 Å². The Morgan fingerprint density at radius 1 is 1.12 bits per heavy atom. The van der Waals surface area contributed by atoms with Crippen LogP contribution < -0.4 is 10.6 Å². The minimum atomic E-state index is 0.759. The summed E-state index contributed by atoms with van der Waals surface area (Å²) in [6, 6.07) is 4.21. The largest absolute Gasteiger partial charge is 0.357 e. The standard InChI is InChI=1S/C18H33N5S/c1-3-19-18(21-16-17-8-7-15-24-17)20-9-5-6-10-23-13-11-22(4-2)12-14-23/h7-8,15H,3-6,9-14,16H2,1-2H3,(H2,19,20,21). The van der Waals surface area contributed by atoms with Crippen LogP contribution in [-0.4, -0.2) is 68.1 Å². The number of unbranched alkanes of at least 4 members (excludes halogenated alkanes) is 1. The molecule has 1 aromatic rings. The maximum Gasteiger partial charge on any atom is 0.191 e. The van der Waals surface area contributed by atoms with Crippen LogP contribution in [0.4, 0.5) is 0 Å². The second-order valence-electron chi connectivity index (χ2n) is 6.18. The maximum absolute atomic E-state index is 4.65. The molecule has 0 amide bonds. The minimum absolute atomic E-state index is 0.759. The van der Waals surface area contributed by atoms with Gasteiger partial charge in [-0.2, -0.15) is 0 Å². The van der Waals surface area contributed by atoms with Gasteiger partial charge >= 0.3 is 0 Å². The molecular weight excluding hydrogens is 318 g/mol. The van der Waals surface area contributed by atoms with E-state index in [4.69, 9.17) is 0 Å². The fourth-order valence-corrected chi connectivity index (χ4v) is 3.53. The number of guanidine groups is 1. The average molecular weight is 352 g/mol. The summed E-state index contributed by atoms with van der Waals surface area (Å²) in [6.07, 6.45) is 2.45. The second-order valence-corrected chi connectivity index (χ2v) is 7.22. The van der Waals surface area contributed by atoms with Gasteiger partial charge in [-0.1, -0.05) is 13.0 Å². The van der Waals surface area contributed by atoms with Crippen LogP contribution in [0.3, 0.4) is 0 Å². The highest BCUT2D eigenvalue weighted by atomic mass is 32.1. The van der Waals surface area contributed by atoms with Crippen LogP contribution in [-0.2, 0) is 6.54 Å². The number of rotatable bonds is 9. The molecule has 0 unspecified atom stereocenters. The van der Waals surface area contributed by atoms with E-state index < -0.39 is 0 Å². The molecule has 1 saturated heterocycles. The molecule has 1 fully saturated rings. The Hall–Kier alpha value is -1.11. The lowest BCUT2D eigenvalue weighted by Gasteiger charge is -2.34. The van der Waals surface area contributed by atoms with E-state index in [0.717, 1.165) is 25.6 Å². The Bertz CT molecular complexity index is 452. The summed E-state index contributed by atoms with van der Waals surface area (Å²) >= 11 is 1.76. The predicted octanol–water partition coefficient (Wildman–Crippen LogP) is 2.22. The van der Waals surface area contributed by atoms with Gasteiger partial charge in [0.1, 0.15) is 0 Å². The molecule has 0 atom stereocenters. The van der Waals surface area contributed by atoms with Gasteiger partial charge in [-0.05, 0) is 44.3 Å². The van der Waals surface area contributed by atoms with Gasteiger partial charge in [-0.3, -0.25) is 0 Å². The first-order chi connectivity index (χ1) is 11.8. The zero-order chi connectivity index (χ0) is 17.0. The van der Waals surface area contributed by atoms with E-state index in [9.17, 15) is 0 Å². The average Bonchev–Trinajstić information content (AvgIpc) is 3.13. The van der Waals surface area contributed by atoms with Crippen LogP contribution in [0, 0.1) is 0 Å². The number of aliphatic imine (C=N–C) groups is 1. The molecule has 1 aromatic heterocycles. The lowest BCUT2D eigenvalue weighted by molar-refractivity contribution is 0.136. The minimum Gasteiger partial charge on any atom is -0.357 e. The molecule has 6 heteroatoms. The maximum atomic E-state index is 4.65. The molecule has 1 aliphatic heterocycles. The van der Waals surface area contributed by atoms with Gasteiger partial charge in [0, 0.05) is 44.1 Å². The van der Waals surface area contributed by atoms with Crippen LogP contribution in [0.2, 0.25) is 0 Å². The molecule has 24 heavy (non-hydrogen) atoms. The van der Waals surface area contributed by atoms with Gasteiger partial charge in [0.05, 0.1) is 6.54 Å². The van der Waals surface area contributed by atoms with Crippen molar-refractivity contribution in [1.29, 1.82) is 0 Å². The quantitative estimate of drug-likeness (QED) is 0.407. The van der Waals surface area contributed by atoms with Crippen molar-refractivity contribution in [2.75, 3.05) is 52.4 Å². The molecule has 5 nitrogen and oxygen atoms in total. The Balaban J connectivity index is 1.58. The molecule has 2 N–H and O–H groups in total. The summed E-state index contributed by atoms with van der Waals surface area (Å²) < 4.78 is 0. The third-order valence-corrected chi connectivity index (χ3v) is 5.28. The van der Waals surface area contributed by atoms with Gasteiger partial charge in [0.2, 0.25) is 0 Å². The van der Waals surface area contributed by atoms with Gasteiger partial charge in [0.25, 0.3) is 0 Å². The molecule has 0 radical (unpaired) electrons. The molecule has 136 valence electrons. The highest BCUT2D eigenvalue weighted by Crippen LogP contribution is 2.09. The van der Waals surface area contributed by atoms with Crippen LogP contribution in [0.15, 0.2) is 22.5 Å². The smallest absolute Gasteiger partial charge is 0.191 e. The van der Waals surface area contributed by atoms with Crippen molar-refractivity contribution in [1.82, 2.24) is 20.4 Å². The number of nitrogens with zero attached hydrogens (tertiary/aromatic N) is 3. The number of thiophene rings is 1. The van der Waals surface area contributed by atoms with Crippen molar-refractivity contribution in [3.63, 3.8) is 0 Å². The number of likely N-dealkylation sites (N-methyl/N-ethyl adjacent to an activating group) is 1. The summed E-state index contributed by atoms with van der Waals surface area (Å²) in [7, 11) is 0. The van der Waals surface area contributed by atoms with E-state index in [2.05, 4.69) is 56.8 Å². The molecule has 0 saturated carbocycles. The topological polar surface area (TPSA) is 42.9 Å². The number of nitrogens with one attached hydrogen (secondary N) is 2. The monoisotopic (exact) mass is 351 g/mol. The molecule has 0 aliphatic carbocycles. The molecule has 2 rings (SSSR count). The van der Waals surface area contributed by atoms with Crippen molar-refractivity contribution in [3.05, 3.63) is 22.4 Å². The molecule has 2 heterocycles. The van der Waals surface area contributed by atoms with Crippen LogP contribution in [0.5, 0.6) is 0 Å². The van der Waals surface area contributed by atoms with E-state index in [-0.39, 0.29) is 0 Å². The molecule has 0 bridgehead atoms. The third kappa shape index (κ3) is 7.20. The highest BCUT2D eigenvalue weighted by molar-refractivity contribution is 7.09. The Morgan fingerprint density at radius 2 is 1.92 bits per heavy atom. The highest BCUT2D eigenvalue weighted by Gasteiger charge is 2.14. The third-order valence-electron chi connectivity index (χ3n) is 4.42. The van der Waals surface area contributed by atoms with Gasteiger partial charge in [0.15, 0.2) is 5.96 Å². The lowest BCUT2D eigenvalue weighted by Crippen LogP contribution is -2.46. The first-order valence-corrected chi connectivity index (χ1v) is 10.2. The molecule has 0 aromatic carbocycles. The number of hydrogen-bond donors (Lipinski definition) is 2. The lowest BCUT2D eigenvalue weighted by atomic mass is 10.2. The second kappa shape index (κ2) is 11.4. The Labute approximate surface area is 151 Å². The van der Waals surface area contributed by atoms with Crippen molar-refractivity contribution in [3.8, 4) is 0 Å². The first kappa shape index (κ1) is 19.2. The molecular formula is C18H33N5S. The van der Waals surface area contributed by atoms with Gasteiger partial charge in [-0.15, -0.1) is 11.3 Å². The summed E-state index contributed by atoms with van der Waals surface area (Å²) in [5.74, 6) is 0.933. The van der Waals surface area contributed by atoms with Crippen molar-refractivity contribution >= 4 is 17.3 Å². The number of hydrogen-bond acceptors (Lipinski definition) is 4. The SMILES string of the molecule is CCNC(=NCc1cccs1)NCCCCN1CCN(CC)CC1. The number of piperazine rings is 1. The van der Waals surface area contributed by atoms with E-state index in [1.165, 1.54) is 57.0 Å².